The minimum atomic E-state index is -0.134. The zero-order valence-corrected chi connectivity index (χ0v) is 11.5. The van der Waals surface area contributed by atoms with Crippen molar-refractivity contribution in [3.05, 3.63) is 28.8 Å². The highest BCUT2D eigenvalue weighted by Gasteiger charge is 2.31. The normalized spacial score (nSPS) is 23.8. The minimum absolute atomic E-state index is 0.134. The molecule has 0 spiro atoms. The summed E-state index contributed by atoms with van der Waals surface area (Å²) in [6, 6.07) is 7.68. The van der Waals surface area contributed by atoms with E-state index in [0.29, 0.717) is 17.2 Å². The van der Waals surface area contributed by atoms with Crippen LogP contribution >= 0.6 is 11.6 Å². The first-order valence-electron chi connectivity index (χ1n) is 6.16. The van der Waals surface area contributed by atoms with Gasteiger partial charge in [0.25, 0.3) is 0 Å². The molecule has 2 rings (SSSR count). The second-order valence-corrected chi connectivity index (χ2v) is 5.28. The highest BCUT2D eigenvalue weighted by Crippen LogP contribution is 2.29. The number of halogens is 1. The monoisotopic (exact) mass is 264 g/mol. The molecule has 4 heteroatoms. The largest absolute Gasteiger partial charge is 0.372 e. The molecule has 96 valence electrons. The molecular weight excluding hydrogens is 248 g/mol. The van der Waals surface area contributed by atoms with Gasteiger partial charge in [0.15, 0.2) is 0 Å². The predicted octanol–water partition coefficient (Wildman–Crippen LogP) is 3.22. The molecule has 1 aliphatic rings. The summed E-state index contributed by atoms with van der Waals surface area (Å²) in [6.07, 6.45) is 0.957. The highest BCUT2D eigenvalue weighted by atomic mass is 35.5. The molecule has 1 aromatic carbocycles. The lowest BCUT2D eigenvalue weighted by Crippen LogP contribution is -2.50. The van der Waals surface area contributed by atoms with Gasteiger partial charge in [0.1, 0.15) is 6.07 Å². The zero-order chi connectivity index (χ0) is 13.2. The van der Waals surface area contributed by atoms with Crippen LogP contribution in [0.5, 0.6) is 0 Å². The molecule has 1 aliphatic heterocycles. The van der Waals surface area contributed by atoms with Gasteiger partial charge >= 0.3 is 0 Å². The Morgan fingerprint density at radius 3 is 3.00 bits per heavy atom. The van der Waals surface area contributed by atoms with Crippen LogP contribution in [0.25, 0.3) is 0 Å². The SMILES string of the molecule is CCC1(C)CN(c2ccc(Cl)cc2C#N)CCO1. The van der Waals surface area contributed by atoms with E-state index in [9.17, 15) is 5.26 Å². The number of rotatable bonds is 2. The molecule has 0 aliphatic carbocycles. The summed E-state index contributed by atoms with van der Waals surface area (Å²) < 4.78 is 5.81. The Morgan fingerprint density at radius 1 is 1.56 bits per heavy atom. The molecule has 0 saturated carbocycles. The van der Waals surface area contributed by atoms with Crippen molar-refractivity contribution in [2.75, 3.05) is 24.6 Å². The lowest BCUT2D eigenvalue weighted by Gasteiger charge is -2.41. The van der Waals surface area contributed by atoms with Crippen LogP contribution in [0.2, 0.25) is 5.02 Å². The van der Waals surface area contributed by atoms with Gasteiger partial charge in [0, 0.05) is 18.1 Å². The fourth-order valence-electron chi connectivity index (χ4n) is 2.22. The molecule has 0 aromatic heterocycles. The average molecular weight is 265 g/mol. The van der Waals surface area contributed by atoms with Crippen LogP contribution in [-0.4, -0.2) is 25.3 Å². The Labute approximate surface area is 113 Å². The number of benzene rings is 1. The maximum atomic E-state index is 9.19. The van der Waals surface area contributed by atoms with Crippen molar-refractivity contribution in [1.82, 2.24) is 0 Å². The minimum Gasteiger partial charge on any atom is -0.372 e. The van der Waals surface area contributed by atoms with Crippen LogP contribution in [0, 0.1) is 11.3 Å². The van der Waals surface area contributed by atoms with E-state index in [4.69, 9.17) is 16.3 Å². The lowest BCUT2D eigenvalue weighted by molar-refractivity contribution is -0.0441. The van der Waals surface area contributed by atoms with Crippen LogP contribution in [0.1, 0.15) is 25.8 Å². The molecule has 1 atom stereocenters. The van der Waals surface area contributed by atoms with Gasteiger partial charge in [-0.25, -0.2) is 0 Å². The number of anilines is 1. The molecule has 0 N–H and O–H groups in total. The van der Waals surface area contributed by atoms with Gasteiger partial charge in [-0.3, -0.25) is 0 Å². The summed E-state index contributed by atoms with van der Waals surface area (Å²) in [5, 5.41) is 9.79. The van der Waals surface area contributed by atoms with Gasteiger partial charge in [-0.1, -0.05) is 18.5 Å². The lowest BCUT2D eigenvalue weighted by atomic mass is 10.00. The Balaban J connectivity index is 2.29. The van der Waals surface area contributed by atoms with E-state index >= 15 is 0 Å². The summed E-state index contributed by atoms with van der Waals surface area (Å²) in [4.78, 5) is 2.21. The van der Waals surface area contributed by atoms with Crippen molar-refractivity contribution >= 4 is 17.3 Å². The topological polar surface area (TPSA) is 36.3 Å². The molecule has 0 amide bonds. The second-order valence-electron chi connectivity index (χ2n) is 4.85. The molecule has 3 nitrogen and oxygen atoms in total. The summed E-state index contributed by atoms with van der Waals surface area (Å²) in [7, 11) is 0. The zero-order valence-electron chi connectivity index (χ0n) is 10.7. The third-order valence-corrected chi connectivity index (χ3v) is 3.74. The van der Waals surface area contributed by atoms with E-state index in [1.165, 1.54) is 0 Å². The van der Waals surface area contributed by atoms with E-state index in [1.54, 1.807) is 6.07 Å². The van der Waals surface area contributed by atoms with E-state index in [-0.39, 0.29) is 5.60 Å². The van der Waals surface area contributed by atoms with E-state index in [1.807, 2.05) is 12.1 Å². The second kappa shape index (κ2) is 5.17. The van der Waals surface area contributed by atoms with Crippen LogP contribution in [-0.2, 0) is 4.74 Å². The van der Waals surface area contributed by atoms with Gasteiger partial charge in [0.2, 0.25) is 0 Å². The third kappa shape index (κ3) is 2.60. The fraction of sp³-hybridized carbons (Fsp3) is 0.500. The van der Waals surface area contributed by atoms with Gasteiger partial charge in [-0.05, 0) is 31.5 Å². The first-order valence-corrected chi connectivity index (χ1v) is 6.54. The standard InChI is InChI=1S/C14H17ClN2O/c1-3-14(2)10-17(6-7-18-14)13-5-4-12(15)8-11(13)9-16/h4-5,8H,3,6-7,10H2,1-2H3. The van der Waals surface area contributed by atoms with Crippen LogP contribution < -0.4 is 4.90 Å². The number of hydrogen-bond donors (Lipinski definition) is 0. The first kappa shape index (κ1) is 13.2. The summed E-state index contributed by atoms with van der Waals surface area (Å²) in [6.45, 7) is 6.54. The summed E-state index contributed by atoms with van der Waals surface area (Å²) in [5.41, 5.74) is 1.44. The number of hydrogen-bond acceptors (Lipinski definition) is 3. The van der Waals surface area contributed by atoms with Crippen LogP contribution in [0.3, 0.4) is 0 Å². The van der Waals surface area contributed by atoms with E-state index in [2.05, 4.69) is 24.8 Å². The van der Waals surface area contributed by atoms with Crippen molar-refractivity contribution in [2.24, 2.45) is 0 Å². The van der Waals surface area contributed by atoms with Gasteiger partial charge in [0.05, 0.1) is 23.5 Å². The highest BCUT2D eigenvalue weighted by molar-refractivity contribution is 6.30. The molecule has 18 heavy (non-hydrogen) atoms. The maximum Gasteiger partial charge on any atom is 0.101 e. The van der Waals surface area contributed by atoms with Crippen LogP contribution in [0.15, 0.2) is 18.2 Å². The van der Waals surface area contributed by atoms with E-state index in [0.717, 1.165) is 25.2 Å². The Kier molecular flexibility index (Phi) is 3.79. The molecular formula is C14H17ClN2O. The Bertz CT molecular complexity index is 483. The Hall–Kier alpha value is -1.24. The van der Waals surface area contributed by atoms with Crippen molar-refractivity contribution < 1.29 is 4.74 Å². The molecule has 1 unspecified atom stereocenters. The van der Waals surface area contributed by atoms with Gasteiger partial charge in [-0.15, -0.1) is 0 Å². The number of nitrogens with zero attached hydrogens (tertiary/aromatic N) is 2. The van der Waals surface area contributed by atoms with Crippen molar-refractivity contribution in [3.8, 4) is 6.07 Å². The number of morpholine rings is 1. The van der Waals surface area contributed by atoms with Crippen molar-refractivity contribution in [1.29, 1.82) is 5.26 Å². The first-order chi connectivity index (χ1) is 8.58. The molecule has 1 fully saturated rings. The summed E-state index contributed by atoms with van der Waals surface area (Å²) >= 11 is 5.92. The Morgan fingerprint density at radius 2 is 2.33 bits per heavy atom. The maximum absolute atomic E-state index is 9.19. The van der Waals surface area contributed by atoms with Crippen molar-refractivity contribution in [2.45, 2.75) is 25.9 Å². The molecule has 1 aromatic rings. The predicted molar refractivity (Wildman–Crippen MR) is 73.0 cm³/mol. The fourth-order valence-corrected chi connectivity index (χ4v) is 2.40. The van der Waals surface area contributed by atoms with E-state index < -0.39 is 0 Å². The molecule has 1 heterocycles. The molecule has 0 radical (unpaired) electrons. The smallest absolute Gasteiger partial charge is 0.101 e. The quantitative estimate of drug-likeness (QED) is 0.823. The van der Waals surface area contributed by atoms with Gasteiger partial charge in [-0.2, -0.15) is 5.26 Å². The van der Waals surface area contributed by atoms with Crippen LogP contribution in [0.4, 0.5) is 5.69 Å². The van der Waals surface area contributed by atoms with Crippen molar-refractivity contribution in [3.63, 3.8) is 0 Å². The number of nitriles is 1. The molecule has 1 saturated heterocycles. The molecule has 0 bridgehead atoms. The number of ether oxygens (including phenoxy) is 1. The average Bonchev–Trinajstić information content (AvgIpc) is 2.38. The van der Waals surface area contributed by atoms with Gasteiger partial charge < -0.3 is 9.64 Å². The third-order valence-electron chi connectivity index (χ3n) is 3.50. The summed E-state index contributed by atoms with van der Waals surface area (Å²) in [5.74, 6) is 0.